The number of aliphatic imine (C=N–C) groups is 1. The van der Waals surface area contributed by atoms with Gasteiger partial charge in [-0.2, -0.15) is 0 Å². The molecular weight excluding hydrogens is 298 g/mol. The maximum Gasteiger partial charge on any atom is 0.266 e. The Balaban J connectivity index is 2.29. The molecule has 0 unspecified atom stereocenters. The van der Waals surface area contributed by atoms with Crippen LogP contribution in [0.4, 0.5) is 0 Å². The average molecular weight is 321 g/mol. The van der Waals surface area contributed by atoms with Crippen molar-refractivity contribution in [1.29, 1.82) is 0 Å². The summed E-state index contributed by atoms with van der Waals surface area (Å²) in [5.74, 6) is 0.696. The predicted molar refractivity (Wildman–Crippen MR) is 96.8 cm³/mol. The van der Waals surface area contributed by atoms with Crippen LogP contribution in [0.1, 0.15) is 25.0 Å². The number of benzene rings is 2. The van der Waals surface area contributed by atoms with E-state index in [4.69, 9.17) is 4.99 Å². The largest absolute Gasteiger partial charge is 0.349 e. The summed E-state index contributed by atoms with van der Waals surface area (Å²) in [6.07, 6.45) is 0. The molecule has 0 bridgehead atoms. The molecule has 1 aliphatic rings. The third-order valence-corrected chi connectivity index (χ3v) is 4.31. The van der Waals surface area contributed by atoms with E-state index in [0.717, 1.165) is 11.1 Å². The lowest BCUT2D eigenvalue weighted by Crippen LogP contribution is -2.48. The summed E-state index contributed by atoms with van der Waals surface area (Å²) >= 11 is 0. The number of hydrogen-bond donors (Lipinski definition) is 0. The smallest absolute Gasteiger partial charge is 0.266 e. The third-order valence-electron chi connectivity index (χ3n) is 4.31. The van der Waals surface area contributed by atoms with Crippen molar-refractivity contribution in [1.82, 2.24) is 9.80 Å². The highest BCUT2D eigenvalue weighted by atomic mass is 16.2. The lowest BCUT2D eigenvalue weighted by atomic mass is 9.82. The Kier molecular flexibility index (Phi) is 4.14. The van der Waals surface area contributed by atoms with E-state index in [1.165, 1.54) is 0 Å². The van der Waals surface area contributed by atoms with E-state index in [2.05, 4.69) is 0 Å². The van der Waals surface area contributed by atoms with Crippen molar-refractivity contribution in [2.45, 2.75) is 25.4 Å². The molecule has 3 rings (SSSR count). The Bertz CT molecular complexity index is 711. The van der Waals surface area contributed by atoms with Gasteiger partial charge in [-0.1, -0.05) is 60.7 Å². The summed E-state index contributed by atoms with van der Waals surface area (Å²) < 4.78 is 0. The monoisotopic (exact) mass is 321 g/mol. The first-order valence-electron chi connectivity index (χ1n) is 8.20. The molecule has 1 amide bonds. The first-order valence-corrected chi connectivity index (χ1v) is 8.20. The fourth-order valence-corrected chi connectivity index (χ4v) is 3.20. The van der Waals surface area contributed by atoms with Gasteiger partial charge in [0.1, 0.15) is 0 Å². The number of hydrogen-bond acceptors (Lipinski definition) is 3. The zero-order valence-electron chi connectivity index (χ0n) is 14.6. The van der Waals surface area contributed by atoms with Gasteiger partial charge in [0.25, 0.3) is 5.91 Å². The molecule has 24 heavy (non-hydrogen) atoms. The summed E-state index contributed by atoms with van der Waals surface area (Å²) in [5.41, 5.74) is 0.763. The fourth-order valence-electron chi connectivity index (χ4n) is 3.20. The highest BCUT2D eigenvalue weighted by Crippen LogP contribution is 2.40. The molecule has 0 aromatic heterocycles. The van der Waals surface area contributed by atoms with Crippen molar-refractivity contribution in [2.75, 3.05) is 14.1 Å². The Morgan fingerprint density at radius 3 is 1.71 bits per heavy atom. The SMILES string of the molecule is CC(C)N1C(=O)C(c2ccccc2)(c2ccccc2)N=C1N(C)C. The van der Waals surface area contributed by atoms with Gasteiger partial charge in [0.2, 0.25) is 5.96 Å². The number of amides is 1. The van der Waals surface area contributed by atoms with Gasteiger partial charge in [0.15, 0.2) is 5.54 Å². The summed E-state index contributed by atoms with van der Waals surface area (Å²) in [6, 6.07) is 19.7. The van der Waals surface area contributed by atoms with Gasteiger partial charge in [0.05, 0.1) is 0 Å². The standard InChI is InChI=1S/C20H23N3O/c1-15(2)23-18(24)20(21-19(23)22(3)4,16-11-7-5-8-12-16)17-13-9-6-10-14-17/h5-15H,1-4H3. The van der Waals surface area contributed by atoms with Crippen LogP contribution in [0.25, 0.3) is 0 Å². The molecule has 4 heteroatoms. The molecule has 0 N–H and O–H groups in total. The van der Waals surface area contributed by atoms with Gasteiger partial charge in [-0.25, -0.2) is 4.99 Å². The number of rotatable bonds is 3. The topological polar surface area (TPSA) is 35.9 Å². The predicted octanol–water partition coefficient (Wildman–Crippen LogP) is 3.10. The number of carbonyl (C=O) groups is 1. The molecule has 0 spiro atoms. The van der Waals surface area contributed by atoms with Crippen LogP contribution in [-0.4, -0.2) is 41.8 Å². The van der Waals surface area contributed by atoms with Crippen molar-refractivity contribution in [3.05, 3.63) is 71.8 Å². The number of nitrogens with zero attached hydrogens (tertiary/aromatic N) is 3. The van der Waals surface area contributed by atoms with Crippen molar-refractivity contribution in [2.24, 2.45) is 4.99 Å². The molecule has 0 fully saturated rings. The van der Waals surface area contributed by atoms with E-state index in [1.54, 1.807) is 4.90 Å². The van der Waals surface area contributed by atoms with E-state index in [1.807, 2.05) is 93.5 Å². The van der Waals surface area contributed by atoms with E-state index >= 15 is 0 Å². The summed E-state index contributed by atoms with van der Waals surface area (Å²) in [5, 5.41) is 0. The fraction of sp³-hybridized carbons (Fsp3) is 0.300. The van der Waals surface area contributed by atoms with Gasteiger partial charge in [0, 0.05) is 20.1 Å². The van der Waals surface area contributed by atoms with Gasteiger partial charge < -0.3 is 4.90 Å². The van der Waals surface area contributed by atoms with Crippen LogP contribution in [0.2, 0.25) is 0 Å². The maximum atomic E-state index is 13.6. The zero-order valence-corrected chi connectivity index (χ0v) is 14.6. The first-order chi connectivity index (χ1) is 11.5. The second-order valence-electron chi connectivity index (χ2n) is 6.52. The Labute approximate surface area is 143 Å². The molecule has 1 aliphatic heterocycles. The Morgan fingerprint density at radius 2 is 1.38 bits per heavy atom. The van der Waals surface area contributed by atoms with Crippen molar-refractivity contribution >= 4 is 11.9 Å². The van der Waals surface area contributed by atoms with Crippen LogP contribution in [-0.2, 0) is 10.3 Å². The van der Waals surface area contributed by atoms with Crippen LogP contribution in [0.3, 0.4) is 0 Å². The summed E-state index contributed by atoms with van der Waals surface area (Å²) in [4.78, 5) is 22.2. The quantitative estimate of drug-likeness (QED) is 0.871. The summed E-state index contributed by atoms with van der Waals surface area (Å²) in [6.45, 7) is 4.03. The van der Waals surface area contributed by atoms with Gasteiger partial charge in [-0.15, -0.1) is 0 Å². The second-order valence-corrected chi connectivity index (χ2v) is 6.52. The van der Waals surface area contributed by atoms with Crippen LogP contribution in [0.15, 0.2) is 65.7 Å². The van der Waals surface area contributed by atoms with Crippen molar-refractivity contribution in [3.63, 3.8) is 0 Å². The maximum absolute atomic E-state index is 13.6. The molecule has 2 aromatic rings. The Hall–Kier alpha value is -2.62. The van der Waals surface area contributed by atoms with Crippen molar-refractivity contribution in [3.8, 4) is 0 Å². The van der Waals surface area contributed by atoms with Crippen LogP contribution in [0, 0.1) is 0 Å². The lowest BCUT2D eigenvalue weighted by molar-refractivity contribution is -0.131. The van der Waals surface area contributed by atoms with Crippen LogP contribution < -0.4 is 0 Å². The lowest BCUT2D eigenvalue weighted by Gasteiger charge is -2.30. The minimum absolute atomic E-state index is 0.00130. The molecule has 2 aromatic carbocycles. The summed E-state index contributed by atoms with van der Waals surface area (Å²) in [7, 11) is 3.85. The minimum Gasteiger partial charge on any atom is -0.349 e. The minimum atomic E-state index is -1.02. The molecule has 0 radical (unpaired) electrons. The van der Waals surface area contributed by atoms with Crippen LogP contribution >= 0.6 is 0 Å². The van der Waals surface area contributed by atoms with Gasteiger partial charge >= 0.3 is 0 Å². The van der Waals surface area contributed by atoms with E-state index in [9.17, 15) is 4.79 Å². The molecule has 0 aliphatic carbocycles. The molecule has 4 nitrogen and oxygen atoms in total. The van der Waals surface area contributed by atoms with Crippen LogP contribution in [0.5, 0.6) is 0 Å². The molecule has 0 saturated heterocycles. The number of carbonyl (C=O) groups excluding carboxylic acids is 1. The van der Waals surface area contributed by atoms with Crippen molar-refractivity contribution < 1.29 is 4.79 Å². The highest BCUT2D eigenvalue weighted by molar-refractivity contribution is 6.09. The first kappa shape index (κ1) is 16.2. The van der Waals surface area contributed by atoms with Gasteiger partial charge in [-0.05, 0) is 25.0 Å². The van der Waals surface area contributed by atoms with E-state index < -0.39 is 5.54 Å². The molecule has 0 atom stereocenters. The number of guanidine groups is 1. The Morgan fingerprint density at radius 1 is 0.917 bits per heavy atom. The normalized spacial score (nSPS) is 16.5. The third kappa shape index (κ3) is 2.39. The molecular formula is C20H23N3O. The van der Waals surface area contributed by atoms with E-state index in [-0.39, 0.29) is 11.9 Å². The van der Waals surface area contributed by atoms with Gasteiger partial charge in [-0.3, -0.25) is 9.69 Å². The average Bonchev–Trinajstić information content (AvgIpc) is 2.91. The molecule has 1 heterocycles. The second kappa shape index (κ2) is 6.11. The molecule has 0 saturated carbocycles. The van der Waals surface area contributed by atoms with E-state index in [0.29, 0.717) is 5.96 Å². The zero-order chi connectivity index (χ0) is 17.3. The molecule has 124 valence electrons. The highest BCUT2D eigenvalue weighted by Gasteiger charge is 2.52.